The number of carbonyl (C=O) groups excluding carboxylic acids is 2. The minimum atomic E-state index is -0.314. The summed E-state index contributed by atoms with van der Waals surface area (Å²) in [6.07, 6.45) is 2.28. The number of hydrogen-bond donors (Lipinski definition) is 2. The molecular formula is C19H33N3O3S. The number of thioether (sulfide) groups is 1. The molecule has 2 aliphatic rings. The molecule has 26 heavy (non-hydrogen) atoms. The zero-order valence-electron chi connectivity index (χ0n) is 16.5. The minimum absolute atomic E-state index is 0.000129. The van der Waals surface area contributed by atoms with Gasteiger partial charge in [-0.25, -0.2) is 4.79 Å². The second-order valence-corrected chi connectivity index (χ2v) is 8.56. The lowest BCUT2D eigenvalue weighted by atomic mass is 9.92. The number of ether oxygens (including phenoxy) is 1. The van der Waals surface area contributed by atoms with Gasteiger partial charge < -0.3 is 20.3 Å². The van der Waals surface area contributed by atoms with Crippen LogP contribution in [0.15, 0.2) is 10.6 Å². The Balaban J connectivity index is 1.70. The molecular weight excluding hydrogens is 350 g/mol. The predicted octanol–water partition coefficient (Wildman–Crippen LogP) is 1.97. The standard InChI is InChI=1S/C19H33N3O3S/c1-5-25-19(24)17-15(4)21-16(12-26-17)18(23)20-7-6-8-22-10-13(2)9-14(3)11-22/h13-14,16,21H,5-12H2,1-4H3,(H,20,23)/t13-,14-,16+/m1/s1. The monoisotopic (exact) mass is 383 g/mol. The van der Waals surface area contributed by atoms with Gasteiger partial charge in [0, 0.05) is 31.1 Å². The topological polar surface area (TPSA) is 70.7 Å². The highest BCUT2D eigenvalue weighted by atomic mass is 32.2. The number of esters is 1. The van der Waals surface area contributed by atoms with Crippen molar-refractivity contribution in [2.75, 3.05) is 38.5 Å². The third-order valence-electron chi connectivity index (χ3n) is 4.80. The number of carbonyl (C=O) groups is 2. The van der Waals surface area contributed by atoms with Crippen LogP contribution in [-0.2, 0) is 14.3 Å². The Hall–Kier alpha value is -1.21. The van der Waals surface area contributed by atoms with E-state index < -0.39 is 0 Å². The zero-order valence-corrected chi connectivity index (χ0v) is 17.3. The highest BCUT2D eigenvalue weighted by molar-refractivity contribution is 8.04. The highest BCUT2D eigenvalue weighted by Gasteiger charge is 2.28. The molecule has 0 aromatic carbocycles. The van der Waals surface area contributed by atoms with Gasteiger partial charge in [0.25, 0.3) is 0 Å². The molecule has 0 radical (unpaired) electrons. The van der Waals surface area contributed by atoms with E-state index in [9.17, 15) is 9.59 Å². The molecule has 1 fully saturated rings. The summed E-state index contributed by atoms with van der Waals surface area (Å²) in [5, 5.41) is 6.17. The van der Waals surface area contributed by atoms with Gasteiger partial charge in [-0.3, -0.25) is 4.79 Å². The molecule has 0 aromatic rings. The van der Waals surface area contributed by atoms with Crippen LogP contribution in [0.25, 0.3) is 0 Å². The number of nitrogens with one attached hydrogen (secondary N) is 2. The van der Waals surface area contributed by atoms with E-state index in [0.29, 0.717) is 23.8 Å². The minimum Gasteiger partial charge on any atom is -0.462 e. The van der Waals surface area contributed by atoms with E-state index in [4.69, 9.17) is 4.74 Å². The Morgan fingerprint density at radius 1 is 1.31 bits per heavy atom. The second kappa shape index (κ2) is 10.2. The third-order valence-corrected chi connectivity index (χ3v) is 6.06. The van der Waals surface area contributed by atoms with E-state index >= 15 is 0 Å². The molecule has 0 saturated carbocycles. The Kier molecular flexibility index (Phi) is 8.28. The molecule has 2 N–H and O–H groups in total. The maximum absolute atomic E-state index is 12.4. The van der Waals surface area contributed by atoms with Gasteiger partial charge in [0.1, 0.15) is 10.9 Å². The van der Waals surface area contributed by atoms with Crippen LogP contribution in [0.4, 0.5) is 0 Å². The normalized spacial score (nSPS) is 27.0. The number of rotatable bonds is 7. The Morgan fingerprint density at radius 3 is 2.62 bits per heavy atom. The Labute approximate surface area is 161 Å². The van der Waals surface area contributed by atoms with Crippen molar-refractivity contribution in [3.8, 4) is 0 Å². The highest BCUT2D eigenvalue weighted by Crippen LogP contribution is 2.26. The fourth-order valence-corrected chi connectivity index (χ4v) is 4.83. The SMILES string of the molecule is CCOC(=O)C1=C(C)N[C@H](C(=O)NCCCN2C[C@H](C)C[C@@H](C)C2)CS1. The quantitative estimate of drug-likeness (QED) is 0.517. The number of piperidine rings is 1. The van der Waals surface area contributed by atoms with Gasteiger partial charge in [-0.1, -0.05) is 13.8 Å². The third kappa shape index (κ3) is 6.20. The average molecular weight is 384 g/mol. The molecule has 0 unspecified atom stereocenters. The summed E-state index contributed by atoms with van der Waals surface area (Å²) < 4.78 is 5.04. The average Bonchev–Trinajstić information content (AvgIpc) is 2.57. The van der Waals surface area contributed by atoms with Crippen molar-refractivity contribution in [2.24, 2.45) is 11.8 Å². The van der Waals surface area contributed by atoms with E-state index in [1.54, 1.807) is 6.92 Å². The molecule has 2 aliphatic heterocycles. The summed E-state index contributed by atoms with van der Waals surface area (Å²) in [6, 6.07) is -0.298. The first-order valence-corrected chi connectivity index (χ1v) is 10.7. The first-order chi connectivity index (χ1) is 12.4. The van der Waals surface area contributed by atoms with Gasteiger partial charge in [-0.2, -0.15) is 0 Å². The molecule has 148 valence electrons. The zero-order chi connectivity index (χ0) is 19.1. The number of nitrogens with zero attached hydrogens (tertiary/aromatic N) is 1. The van der Waals surface area contributed by atoms with Crippen molar-refractivity contribution in [1.29, 1.82) is 0 Å². The van der Waals surface area contributed by atoms with Crippen molar-refractivity contribution in [2.45, 2.75) is 46.6 Å². The summed E-state index contributed by atoms with van der Waals surface area (Å²) in [6.45, 7) is 12.7. The number of allylic oxidation sites excluding steroid dienone is 1. The molecule has 0 aromatic heterocycles. The summed E-state index contributed by atoms with van der Waals surface area (Å²) in [7, 11) is 0. The summed E-state index contributed by atoms with van der Waals surface area (Å²) in [4.78, 5) is 27.3. The predicted molar refractivity (Wildman–Crippen MR) is 106 cm³/mol. The van der Waals surface area contributed by atoms with E-state index in [1.807, 2.05) is 6.92 Å². The molecule has 0 spiro atoms. The van der Waals surface area contributed by atoms with Crippen LogP contribution in [-0.4, -0.2) is 61.4 Å². The Bertz CT molecular complexity index is 528. The first kappa shape index (κ1) is 21.1. The lowest BCUT2D eigenvalue weighted by Crippen LogP contribution is -2.48. The van der Waals surface area contributed by atoms with Crippen molar-refractivity contribution >= 4 is 23.6 Å². The number of likely N-dealkylation sites (tertiary alicyclic amines) is 1. The van der Waals surface area contributed by atoms with E-state index in [0.717, 1.165) is 30.5 Å². The molecule has 3 atom stereocenters. The molecule has 6 nitrogen and oxygen atoms in total. The van der Waals surface area contributed by atoms with Gasteiger partial charge in [0.2, 0.25) is 5.91 Å². The lowest BCUT2D eigenvalue weighted by Gasteiger charge is -2.35. The van der Waals surface area contributed by atoms with Crippen LogP contribution in [0.2, 0.25) is 0 Å². The fourth-order valence-electron chi connectivity index (χ4n) is 3.81. The molecule has 1 amide bonds. The largest absolute Gasteiger partial charge is 0.462 e. The lowest BCUT2D eigenvalue weighted by molar-refractivity contribution is -0.137. The molecule has 7 heteroatoms. The summed E-state index contributed by atoms with van der Waals surface area (Å²) in [5.41, 5.74) is 0.719. The van der Waals surface area contributed by atoms with Crippen LogP contribution >= 0.6 is 11.8 Å². The molecule has 2 heterocycles. The fraction of sp³-hybridized carbons (Fsp3) is 0.789. The van der Waals surface area contributed by atoms with Crippen LogP contribution in [0.3, 0.4) is 0 Å². The maximum atomic E-state index is 12.4. The molecule has 0 bridgehead atoms. The van der Waals surface area contributed by atoms with Gasteiger partial charge >= 0.3 is 5.97 Å². The smallest absolute Gasteiger partial charge is 0.346 e. The van der Waals surface area contributed by atoms with E-state index in [1.165, 1.54) is 31.3 Å². The molecule has 1 saturated heterocycles. The summed E-state index contributed by atoms with van der Waals surface area (Å²) >= 11 is 1.39. The van der Waals surface area contributed by atoms with Crippen molar-refractivity contribution in [3.63, 3.8) is 0 Å². The summed E-state index contributed by atoms with van der Waals surface area (Å²) in [5.74, 6) is 1.75. The van der Waals surface area contributed by atoms with E-state index in [-0.39, 0.29) is 17.9 Å². The van der Waals surface area contributed by atoms with Gasteiger partial charge in [-0.15, -0.1) is 11.8 Å². The van der Waals surface area contributed by atoms with Crippen LogP contribution in [0.1, 0.15) is 40.5 Å². The Morgan fingerprint density at radius 2 is 2.00 bits per heavy atom. The van der Waals surface area contributed by atoms with Gasteiger partial charge in [-0.05, 0) is 45.1 Å². The maximum Gasteiger partial charge on any atom is 0.346 e. The van der Waals surface area contributed by atoms with Crippen molar-refractivity contribution < 1.29 is 14.3 Å². The van der Waals surface area contributed by atoms with Crippen molar-refractivity contribution in [3.05, 3.63) is 10.6 Å². The second-order valence-electron chi connectivity index (χ2n) is 7.53. The van der Waals surface area contributed by atoms with Crippen LogP contribution < -0.4 is 10.6 Å². The number of amides is 1. The van der Waals surface area contributed by atoms with Crippen molar-refractivity contribution in [1.82, 2.24) is 15.5 Å². The number of hydrogen-bond acceptors (Lipinski definition) is 6. The molecule has 0 aliphatic carbocycles. The van der Waals surface area contributed by atoms with Gasteiger partial charge in [0.15, 0.2) is 0 Å². The molecule has 2 rings (SSSR count). The first-order valence-electron chi connectivity index (χ1n) is 9.68. The van der Waals surface area contributed by atoms with E-state index in [2.05, 4.69) is 29.4 Å². The van der Waals surface area contributed by atoms with Gasteiger partial charge in [0.05, 0.1) is 6.61 Å². The van der Waals surface area contributed by atoms with Crippen LogP contribution in [0, 0.1) is 11.8 Å². The van der Waals surface area contributed by atoms with Crippen LogP contribution in [0.5, 0.6) is 0 Å².